The van der Waals surface area contributed by atoms with E-state index in [2.05, 4.69) is 16.0 Å². The van der Waals surface area contributed by atoms with Crippen LogP contribution in [0.1, 0.15) is 83.1 Å². The molecule has 73 heavy (non-hydrogen) atoms. The van der Waals surface area contributed by atoms with Gasteiger partial charge in [0.15, 0.2) is 0 Å². The van der Waals surface area contributed by atoms with Gasteiger partial charge in [0.25, 0.3) is 17.1 Å². The molecule has 0 unspecified atom stereocenters. The number of hydrogen-bond acceptors (Lipinski definition) is 21. The fourth-order valence-corrected chi connectivity index (χ4v) is 13.8. The highest BCUT2D eigenvalue weighted by Crippen LogP contribution is 2.30. The summed E-state index contributed by atoms with van der Waals surface area (Å²) >= 11 is 0. The van der Waals surface area contributed by atoms with Crippen LogP contribution in [0, 0.1) is 37.3 Å². The van der Waals surface area contributed by atoms with Gasteiger partial charge in [-0.25, -0.2) is 14.4 Å². The molecule has 30 heteroatoms. The number of amides is 3. The highest BCUT2D eigenvalue weighted by atomic mass is 28.4. The Bertz CT molecular complexity index is 1880. The zero-order valence-electron chi connectivity index (χ0n) is 43.5. The number of nitrogens with zero attached hydrogens (tertiary/aromatic N) is 3. The summed E-state index contributed by atoms with van der Waals surface area (Å²) in [6.45, 7) is 15.4. The van der Waals surface area contributed by atoms with Crippen LogP contribution in [0.3, 0.4) is 0 Å². The predicted octanol–water partition coefficient (Wildman–Crippen LogP) is 7.23. The average Bonchev–Trinajstić information content (AvgIpc) is 3.35. The van der Waals surface area contributed by atoms with E-state index >= 15 is 0 Å². The van der Waals surface area contributed by atoms with E-state index in [4.69, 9.17) is 54.0 Å². The maximum Gasteiger partial charge on any atom is 0.500 e. The van der Waals surface area contributed by atoms with Gasteiger partial charge in [-0.1, -0.05) is 0 Å². The minimum Gasteiger partial charge on any atom is -0.445 e. The van der Waals surface area contributed by atoms with Crippen molar-refractivity contribution in [3.63, 3.8) is 0 Å². The maximum absolute atomic E-state index is 12.3. The Balaban J connectivity index is 0.000000814. The van der Waals surface area contributed by atoms with E-state index in [1.807, 2.05) is 41.5 Å². The van der Waals surface area contributed by atoms with Crippen LogP contribution in [0.15, 0.2) is 30.3 Å². The van der Waals surface area contributed by atoms with Crippen LogP contribution in [0.2, 0.25) is 18.1 Å². The highest BCUT2D eigenvalue weighted by Gasteiger charge is 2.41. The minimum absolute atomic E-state index is 0.0646. The Morgan fingerprint density at radius 3 is 1.01 bits per heavy atom. The second-order valence-corrected chi connectivity index (χ2v) is 23.7. The molecule has 3 amide bonds. The van der Waals surface area contributed by atoms with E-state index in [1.54, 1.807) is 6.07 Å². The Kier molecular flexibility index (Phi) is 32.3. The fourth-order valence-electron chi connectivity index (χ4n) is 6.86. The normalized spacial score (nSPS) is 11.5. The lowest BCUT2D eigenvalue weighted by atomic mass is 10.1. The van der Waals surface area contributed by atoms with Crippen LogP contribution in [0.25, 0.3) is 0 Å². The Hall–Kier alpha value is -5.26. The lowest BCUT2D eigenvalue weighted by molar-refractivity contribution is -0.395. The van der Waals surface area contributed by atoms with Crippen LogP contribution < -0.4 is 16.0 Å². The summed E-state index contributed by atoms with van der Waals surface area (Å²) in [6, 6.07) is 8.00. The standard InChI is InChI=1S/C28H51N3O12Si2.C15H23N3O9Si/c1-7-38-44(39-8-2,40-9-3)17-13-15-29-27(32)36-22-24-19-25(21-26(20-24)31(34)35)23-37-28(33)30-16-14-18-45(41-10-4,42-11-5)43-12-6;1-11-13(17(20)21)8-12(9-14(11)18(22)23)10-27-15(19)16-6-5-7-28(24-2,25-3)26-4/h19-21H,7-18,22-23H2,1-6H3,(H,29,32)(H,30,33);8-9H,5-7,10H2,1-4H3,(H,16,19). The van der Waals surface area contributed by atoms with Crippen molar-refractivity contribution in [3.8, 4) is 0 Å². The number of nitro benzene ring substituents is 3. The van der Waals surface area contributed by atoms with Crippen molar-refractivity contribution in [3.05, 3.63) is 82.9 Å². The molecule has 0 aromatic heterocycles. The molecule has 0 aliphatic rings. The molecule has 0 radical (unpaired) electrons. The first-order chi connectivity index (χ1) is 34.8. The van der Waals surface area contributed by atoms with Gasteiger partial charge in [0, 0.05) is 129 Å². The van der Waals surface area contributed by atoms with Crippen LogP contribution >= 0.6 is 0 Å². The summed E-state index contributed by atoms with van der Waals surface area (Å²) in [5, 5.41) is 41.4. The summed E-state index contributed by atoms with van der Waals surface area (Å²) in [4.78, 5) is 67.9. The summed E-state index contributed by atoms with van der Waals surface area (Å²) in [7, 11) is -3.89. The van der Waals surface area contributed by atoms with Gasteiger partial charge in [0.05, 0.1) is 14.8 Å². The van der Waals surface area contributed by atoms with Gasteiger partial charge in [-0.2, -0.15) is 0 Å². The molecule has 2 aromatic carbocycles. The zero-order chi connectivity index (χ0) is 54.9. The SMILES string of the molecule is CCO[Si](CCCNC(=O)OCc1cc(COC(=O)NCCC[Si](OCC)(OCC)OCC)cc([N+](=O)[O-])c1)(OCC)OCC.CO[Si](CCCNC(=O)OCc1cc([N+](=O)[O-])c(C)c([N+](=O)[O-])c1)(OC)OC. The molecular formula is C43H74N6O21Si3. The highest BCUT2D eigenvalue weighted by molar-refractivity contribution is 6.61. The van der Waals surface area contributed by atoms with Crippen molar-refractivity contribution in [1.82, 2.24) is 16.0 Å². The summed E-state index contributed by atoms with van der Waals surface area (Å²) in [5.41, 5.74) is -0.213. The molecule has 0 atom stereocenters. The number of rotatable bonds is 36. The third kappa shape index (κ3) is 24.6. The summed E-state index contributed by atoms with van der Waals surface area (Å²) in [6.07, 6.45) is -0.504. The lowest BCUT2D eigenvalue weighted by Gasteiger charge is -2.28. The monoisotopic (exact) mass is 1090 g/mol. The molecule has 0 aliphatic heterocycles. The number of nitrogens with one attached hydrogen (secondary N) is 3. The Labute approximate surface area is 429 Å². The Morgan fingerprint density at radius 2 is 0.753 bits per heavy atom. The van der Waals surface area contributed by atoms with Crippen molar-refractivity contribution in [2.24, 2.45) is 0 Å². The number of benzene rings is 2. The number of nitro groups is 3. The van der Waals surface area contributed by atoms with E-state index in [0.717, 1.165) is 12.1 Å². The van der Waals surface area contributed by atoms with Crippen LogP contribution in [-0.2, 0) is 73.9 Å². The first-order valence-corrected chi connectivity index (χ1v) is 29.5. The molecule has 0 saturated heterocycles. The molecule has 0 heterocycles. The molecule has 2 aromatic rings. The molecule has 0 spiro atoms. The smallest absolute Gasteiger partial charge is 0.445 e. The number of alkyl carbamates (subject to hydrolysis) is 3. The zero-order valence-corrected chi connectivity index (χ0v) is 46.5. The number of carbonyl (C=O) groups is 3. The van der Waals surface area contributed by atoms with Gasteiger partial charge >= 0.3 is 44.7 Å². The summed E-state index contributed by atoms with van der Waals surface area (Å²) < 4.78 is 66.1. The third-order valence-corrected chi connectivity index (χ3v) is 19.2. The number of hydrogen-bond donors (Lipinski definition) is 3. The van der Waals surface area contributed by atoms with Crippen molar-refractivity contribution in [2.75, 3.05) is 80.6 Å². The predicted molar refractivity (Wildman–Crippen MR) is 268 cm³/mol. The van der Waals surface area contributed by atoms with Gasteiger partial charge in [-0.3, -0.25) is 30.3 Å². The molecule has 0 aliphatic carbocycles. The van der Waals surface area contributed by atoms with Gasteiger partial charge < -0.3 is 70.0 Å². The molecule has 27 nitrogen and oxygen atoms in total. The van der Waals surface area contributed by atoms with Crippen molar-refractivity contribution in [2.45, 2.75) is 106 Å². The average molecular weight is 1100 g/mol. The minimum atomic E-state index is -2.82. The van der Waals surface area contributed by atoms with Crippen LogP contribution in [0.5, 0.6) is 0 Å². The van der Waals surface area contributed by atoms with Gasteiger partial charge in [0.1, 0.15) is 25.4 Å². The lowest BCUT2D eigenvalue weighted by Crippen LogP contribution is -2.46. The van der Waals surface area contributed by atoms with Gasteiger partial charge in [-0.15, -0.1) is 0 Å². The Morgan fingerprint density at radius 1 is 0.466 bits per heavy atom. The van der Waals surface area contributed by atoms with E-state index in [-0.39, 0.29) is 43.2 Å². The molecule has 0 bridgehead atoms. The molecule has 414 valence electrons. The second-order valence-electron chi connectivity index (χ2n) is 15.1. The van der Waals surface area contributed by atoms with E-state index in [0.29, 0.717) is 101 Å². The van der Waals surface area contributed by atoms with E-state index in [9.17, 15) is 44.7 Å². The number of ether oxygens (including phenoxy) is 3. The molecule has 0 saturated carbocycles. The van der Waals surface area contributed by atoms with Crippen molar-refractivity contribution < 1.29 is 83.2 Å². The second kappa shape index (κ2) is 35.8. The first kappa shape index (κ1) is 65.8. The molecule has 0 fully saturated rings. The van der Waals surface area contributed by atoms with Gasteiger partial charge in [0.2, 0.25) is 0 Å². The fraction of sp³-hybridized carbons (Fsp3) is 0.651. The third-order valence-electron chi connectivity index (χ3n) is 10.1. The van der Waals surface area contributed by atoms with E-state index in [1.165, 1.54) is 40.4 Å². The first-order valence-electron chi connectivity index (χ1n) is 23.7. The number of non-ortho nitro benzene ring substituents is 1. The molecular weight excluding hydrogens is 1020 g/mol. The van der Waals surface area contributed by atoms with Gasteiger partial charge in [-0.05, 0) is 84.9 Å². The maximum atomic E-state index is 12.3. The van der Waals surface area contributed by atoms with Crippen molar-refractivity contribution >= 4 is 61.8 Å². The van der Waals surface area contributed by atoms with E-state index < -0.39 is 70.8 Å². The van der Waals surface area contributed by atoms with Crippen LogP contribution in [0.4, 0.5) is 31.4 Å². The van der Waals surface area contributed by atoms with Crippen molar-refractivity contribution in [1.29, 1.82) is 0 Å². The summed E-state index contributed by atoms with van der Waals surface area (Å²) in [5.74, 6) is 0. The topological polar surface area (TPSA) is 327 Å². The molecule has 2 rings (SSSR count). The largest absolute Gasteiger partial charge is 0.500 e. The molecule has 3 N–H and O–H groups in total. The number of carbonyl (C=O) groups excluding carboxylic acids is 3. The van der Waals surface area contributed by atoms with Crippen LogP contribution in [-0.4, -0.2) is 140 Å². The quantitative estimate of drug-likeness (QED) is 0.0199.